The molecule has 0 bridgehead atoms. The average molecular weight is 227 g/mol. The topological polar surface area (TPSA) is 84.2 Å². The summed E-state index contributed by atoms with van der Waals surface area (Å²) in [5.74, 6) is 0.00725. The zero-order valence-corrected chi connectivity index (χ0v) is 9.63. The second-order valence-electron chi connectivity index (χ2n) is 4.12. The van der Waals surface area contributed by atoms with Crippen LogP contribution in [0, 0.1) is 0 Å². The first-order valence-electron chi connectivity index (χ1n) is 5.97. The minimum absolute atomic E-state index is 0.118. The molecule has 4 N–H and O–H groups in total. The Morgan fingerprint density at radius 1 is 1.44 bits per heavy atom. The van der Waals surface area contributed by atoms with Crippen LogP contribution in [-0.4, -0.2) is 37.4 Å². The van der Waals surface area contributed by atoms with E-state index in [0.29, 0.717) is 25.9 Å². The molecule has 0 aromatic heterocycles. The van der Waals surface area contributed by atoms with Crippen LogP contribution in [0.5, 0.6) is 0 Å². The van der Waals surface area contributed by atoms with Gasteiger partial charge < -0.3 is 16.4 Å². The van der Waals surface area contributed by atoms with Crippen molar-refractivity contribution >= 4 is 11.7 Å². The van der Waals surface area contributed by atoms with Crippen LogP contribution < -0.4 is 16.4 Å². The Labute approximate surface area is 96.1 Å². The van der Waals surface area contributed by atoms with Gasteiger partial charge in [-0.15, -0.1) is 0 Å². The summed E-state index contributed by atoms with van der Waals surface area (Å²) >= 11 is 0. The van der Waals surface area contributed by atoms with E-state index < -0.39 is 0 Å². The summed E-state index contributed by atoms with van der Waals surface area (Å²) in [5.41, 5.74) is 5.29. The summed E-state index contributed by atoms with van der Waals surface area (Å²) in [5, 5.41) is 5.97. The van der Waals surface area contributed by atoms with Gasteiger partial charge in [-0.1, -0.05) is 0 Å². The average Bonchev–Trinajstić information content (AvgIpc) is 2.34. The Hall–Kier alpha value is -0.940. The van der Waals surface area contributed by atoms with E-state index in [2.05, 4.69) is 10.6 Å². The fraction of sp³-hybridized carbons (Fsp3) is 0.818. The maximum absolute atomic E-state index is 11.8. The van der Waals surface area contributed by atoms with Crippen molar-refractivity contribution in [3.05, 3.63) is 0 Å². The SMILES string of the molecule is NCCC(=O)NC1CCCCNCCC1=O. The van der Waals surface area contributed by atoms with E-state index in [-0.39, 0.29) is 17.7 Å². The molecule has 1 atom stereocenters. The summed E-state index contributed by atoms with van der Waals surface area (Å²) in [6, 6.07) is -0.307. The third-order valence-corrected chi connectivity index (χ3v) is 2.74. The van der Waals surface area contributed by atoms with Crippen LogP contribution in [0.4, 0.5) is 0 Å². The first-order chi connectivity index (χ1) is 7.74. The van der Waals surface area contributed by atoms with Gasteiger partial charge in [0.2, 0.25) is 5.91 Å². The van der Waals surface area contributed by atoms with Crippen molar-refractivity contribution in [1.29, 1.82) is 0 Å². The number of ketones is 1. The molecule has 1 aliphatic heterocycles. The molecule has 5 nitrogen and oxygen atoms in total. The monoisotopic (exact) mass is 227 g/mol. The molecule has 0 aromatic rings. The Bertz CT molecular complexity index is 243. The van der Waals surface area contributed by atoms with Crippen LogP contribution in [0.15, 0.2) is 0 Å². The van der Waals surface area contributed by atoms with Gasteiger partial charge in [-0.2, -0.15) is 0 Å². The number of nitrogens with one attached hydrogen (secondary N) is 2. The summed E-state index contributed by atoms with van der Waals surface area (Å²) < 4.78 is 0. The van der Waals surface area contributed by atoms with Crippen LogP contribution in [0.25, 0.3) is 0 Å². The molecule has 16 heavy (non-hydrogen) atoms. The van der Waals surface area contributed by atoms with Crippen molar-refractivity contribution in [1.82, 2.24) is 10.6 Å². The molecule has 1 heterocycles. The number of Topliss-reactive ketones (excluding diaryl/α,β-unsaturated/α-hetero) is 1. The highest BCUT2D eigenvalue weighted by atomic mass is 16.2. The van der Waals surface area contributed by atoms with Crippen molar-refractivity contribution in [3.8, 4) is 0 Å². The van der Waals surface area contributed by atoms with Crippen molar-refractivity contribution in [2.45, 2.75) is 38.1 Å². The Morgan fingerprint density at radius 3 is 3.00 bits per heavy atom. The fourth-order valence-electron chi connectivity index (χ4n) is 1.82. The zero-order chi connectivity index (χ0) is 11.8. The highest BCUT2D eigenvalue weighted by Crippen LogP contribution is 2.06. The molecule has 0 aromatic carbocycles. The lowest BCUT2D eigenvalue weighted by atomic mass is 10.0. The predicted molar refractivity (Wildman–Crippen MR) is 61.9 cm³/mol. The van der Waals surface area contributed by atoms with Crippen molar-refractivity contribution in [2.24, 2.45) is 5.73 Å². The number of hydrogen-bond acceptors (Lipinski definition) is 4. The minimum atomic E-state index is -0.307. The van der Waals surface area contributed by atoms with E-state index >= 15 is 0 Å². The van der Waals surface area contributed by atoms with Crippen LogP contribution in [-0.2, 0) is 9.59 Å². The number of hydrogen-bond donors (Lipinski definition) is 3. The molecule has 1 saturated heterocycles. The third kappa shape index (κ3) is 4.72. The maximum Gasteiger partial charge on any atom is 0.221 e. The maximum atomic E-state index is 11.8. The van der Waals surface area contributed by atoms with Gasteiger partial charge >= 0.3 is 0 Å². The van der Waals surface area contributed by atoms with Gasteiger partial charge in [0.05, 0.1) is 6.04 Å². The first kappa shape index (κ1) is 13.1. The summed E-state index contributed by atoms with van der Waals surface area (Å²) in [6.07, 6.45) is 3.55. The molecule has 0 spiro atoms. The molecule has 1 amide bonds. The molecule has 1 fully saturated rings. The number of carbonyl (C=O) groups excluding carboxylic acids is 2. The minimum Gasteiger partial charge on any atom is -0.346 e. The molecule has 0 aliphatic carbocycles. The molecule has 0 saturated carbocycles. The van der Waals surface area contributed by atoms with Crippen molar-refractivity contribution in [2.75, 3.05) is 19.6 Å². The lowest BCUT2D eigenvalue weighted by Crippen LogP contribution is -2.41. The number of amides is 1. The fourth-order valence-corrected chi connectivity index (χ4v) is 1.82. The highest BCUT2D eigenvalue weighted by molar-refractivity contribution is 5.89. The van der Waals surface area contributed by atoms with Gasteiger partial charge in [0.25, 0.3) is 0 Å². The Morgan fingerprint density at radius 2 is 2.25 bits per heavy atom. The standard InChI is InChI=1S/C11H21N3O2/c12-6-4-11(16)14-9-3-1-2-7-13-8-5-10(9)15/h9,13H,1-8,12H2,(H,14,16). The van der Waals surface area contributed by atoms with Gasteiger partial charge in [0.1, 0.15) is 0 Å². The van der Waals surface area contributed by atoms with E-state index in [9.17, 15) is 9.59 Å². The van der Waals surface area contributed by atoms with Gasteiger partial charge in [0, 0.05) is 25.9 Å². The third-order valence-electron chi connectivity index (χ3n) is 2.74. The van der Waals surface area contributed by atoms with Gasteiger partial charge in [-0.05, 0) is 25.8 Å². The smallest absolute Gasteiger partial charge is 0.221 e. The normalized spacial score (nSPS) is 23.1. The molecule has 1 unspecified atom stereocenters. The zero-order valence-electron chi connectivity index (χ0n) is 9.63. The molecule has 92 valence electrons. The summed E-state index contributed by atoms with van der Waals surface area (Å²) in [4.78, 5) is 23.2. The van der Waals surface area contributed by atoms with Crippen molar-refractivity contribution in [3.63, 3.8) is 0 Å². The van der Waals surface area contributed by atoms with Crippen molar-refractivity contribution < 1.29 is 9.59 Å². The molecular formula is C11H21N3O2. The molecule has 1 rings (SSSR count). The molecular weight excluding hydrogens is 206 g/mol. The number of carbonyl (C=O) groups is 2. The van der Waals surface area contributed by atoms with E-state index in [1.807, 2.05) is 0 Å². The summed E-state index contributed by atoms with van der Waals surface area (Å²) in [6.45, 7) is 1.99. The quantitative estimate of drug-likeness (QED) is 0.610. The largest absolute Gasteiger partial charge is 0.346 e. The second-order valence-corrected chi connectivity index (χ2v) is 4.12. The van der Waals surface area contributed by atoms with Crippen LogP contribution in [0.2, 0.25) is 0 Å². The highest BCUT2D eigenvalue weighted by Gasteiger charge is 2.20. The molecule has 0 radical (unpaired) electrons. The lowest BCUT2D eigenvalue weighted by Gasteiger charge is -2.16. The molecule has 1 aliphatic rings. The van der Waals surface area contributed by atoms with Gasteiger partial charge in [-0.25, -0.2) is 0 Å². The first-order valence-corrected chi connectivity index (χ1v) is 5.97. The van der Waals surface area contributed by atoms with Gasteiger partial charge in [0.15, 0.2) is 5.78 Å². The lowest BCUT2D eigenvalue weighted by molar-refractivity contribution is -0.127. The van der Waals surface area contributed by atoms with E-state index in [0.717, 1.165) is 25.8 Å². The van der Waals surface area contributed by atoms with Crippen LogP contribution >= 0.6 is 0 Å². The van der Waals surface area contributed by atoms with Crippen LogP contribution in [0.3, 0.4) is 0 Å². The van der Waals surface area contributed by atoms with E-state index in [4.69, 9.17) is 5.73 Å². The predicted octanol–water partition coefficient (Wildman–Crippen LogP) is -0.447. The van der Waals surface area contributed by atoms with E-state index in [1.54, 1.807) is 0 Å². The van der Waals surface area contributed by atoms with Gasteiger partial charge in [-0.3, -0.25) is 9.59 Å². The number of rotatable bonds is 3. The van der Waals surface area contributed by atoms with Crippen LogP contribution in [0.1, 0.15) is 32.1 Å². The Balaban J connectivity index is 2.45. The summed E-state index contributed by atoms with van der Waals surface area (Å²) in [7, 11) is 0. The number of nitrogens with two attached hydrogens (primary N) is 1. The van der Waals surface area contributed by atoms with E-state index in [1.165, 1.54) is 0 Å². The second kappa shape index (κ2) is 7.35. The molecule has 5 heteroatoms. The Kier molecular flexibility index (Phi) is 6.03.